The summed E-state index contributed by atoms with van der Waals surface area (Å²) in [5.74, 6) is 1.52. The second kappa shape index (κ2) is 12.5. The zero-order valence-electron chi connectivity index (χ0n) is 19.8. The first kappa shape index (κ1) is 24.2. The molecule has 2 saturated carbocycles. The molecule has 0 N–H and O–H groups in total. The zero-order valence-corrected chi connectivity index (χ0v) is 20.6. The third kappa shape index (κ3) is 6.35. The van der Waals surface area contributed by atoms with Crippen LogP contribution in [-0.2, 0) is 16.1 Å². The highest BCUT2D eigenvalue weighted by atomic mass is 32.2. The van der Waals surface area contributed by atoms with E-state index in [1.165, 1.54) is 50.3 Å². The monoisotopic (exact) mass is 471 g/mol. The molecule has 33 heavy (non-hydrogen) atoms. The van der Waals surface area contributed by atoms with Gasteiger partial charge in [0.05, 0.1) is 5.75 Å². The van der Waals surface area contributed by atoms with Gasteiger partial charge < -0.3 is 14.2 Å². The van der Waals surface area contributed by atoms with Crippen molar-refractivity contribution < 1.29 is 9.53 Å². The SMILES string of the molecule is COCCCn1c(SCC(=O)N(C2CCCCC2)C2CCCCC2)nnc1-c1ccncc1. The number of hydrogen-bond acceptors (Lipinski definition) is 6. The van der Waals surface area contributed by atoms with Crippen molar-refractivity contribution in [1.29, 1.82) is 0 Å². The molecular formula is C25H37N5O2S. The number of amides is 1. The standard InChI is InChI=1S/C25H37N5O2S/c1-32-18-8-17-29-24(20-13-15-26-16-14-20)27-28-25(29)33-19-23(31)30(21-9-4-2-5-10-21)22-11-6-3-7-12-22/h13-16,21-22H,2-12,17-19H2,1H3. The number of aromatic nitrogens is 4. The molecule has 0 saturated heterocycles. The molecule has 0 atom stereocenters. The number of rotatable bonds is 10. The van der Waals surface area contributed by atoms with E-state index >= 15 is 0 Å². The van der Waals surface area contributed by atoms with Gasteiger partial charge in [-0.2, -0.15) is 0 Å². The van der Waals surface area contributed by atoms with E-state index in [1.807, 2.05) is 12.1 Å². The summed E-state index contributed by atoms with van der Waals surface area (Å²) in [4.78, 5) is 20.0. The van der Waals surface area contributed by atoms with Crippen LogP contribution in [0.15, 0.2) is 29.7 Å². The Morgan fingerprint density at radius 3 is 2.27 bits per heavy atom. The highest BCUT2D eigenvalue weighted by Crippen LogP contribution is 2.32. The van der Waals surface area contributed by atoms with E-state index in [4.69, 9.17) is 4.74 Å². The number of nitrogens with zero attached hydrogens (tertiary/aromatic N) is 5. The van der Waals surface area contributed by atoms with Gasteiger partial charge in [-0.1, -0.05) is 50.3 Å². The van der Waals surface area contributed by atoms with Gasteiger partial charge in [-0.15, -0.1) is 10.2 Å². The van der Waals surface area contributed by atoms with E-state index < -0.39 is 0 Å². The molecule has 0 aliphatic heterocycles. The van der Waals surface area contributed by atoms with Crippen molar-refractivity contribution in [3.8, 4) is 11.4 Å². The molecule has 0 spiro atoms. The Morgan fingerprint density at radius 1 is 1.03 bits per heavy atom. The van der Waals surface area contributed by atoms with Crippen LogP contribution in [0.3, 0.4) is 0 Å². The summed E-state index contributed by atoms with van der Waals surface area (Å²) in [5.41, 5.74) is 0.985. The van der Waals surface area contributed by atoms with Crippen LogP contribution >= 0.6 is 11.8 Å². The molecule has 2 aliphatic carbocycles. The molecule has 0 aromatic carbocycles. The van der Waals surface area contributed by atoms with Gasteiger partial charge in [0.15, 0.2) is 11.0 Å². The summed E-state index contributed by atoms with van der Waals surface area (Å²) in [6.07, 6.45) is 16.6. The van der Waals surface area contributed by atoms with E-state index in [0.29, 0.717) is 24.4 Å². The van der Waals surface area contributed by atoms with Crippen molar-refractivity contribution in [3.05, 3.63) is 24.5 Å². The second-order valence-electron chi connectivity index (χ2n) is 9.21. The van der Waals surface area contributed by atoms with Crippen LogP contribution in [0.1, 0.15) is 70.6 Å². The van der Waals surface area contributed by atoms with Crippen molar-refractivity contribution in [2.24, 2.45) is 0 Å². The minimum absolute atomic E-state index is 0.274. The van der Waals surface area contributed by atoms with Crippen LogP contribution in [0.25, 0.3) is 11.4 Å². The van der Waals surface area contributed by atoms with Crippen LogP contribution < -0.4 is 0 Å². The lowest BCUT2D eigenvalue weighted by Gasteiger charge is -2.41. The summed E-state index contributed by atoms with van der Waals surface area (Å²) < 4.78 is 7.38. The van der Waals surface area contributed by atoms with Gasteiger partial charge >= 0.3 is 0 Å². The van der Waals surface area contributed by atoms with E-state index in [1.54, 1.807) is 19.5 Å². The fourth-order valence-electron chi connectivity index (χ4n) is 5.30. The highest BCUT2D eigenvalue weighted by molar-refractivity contribution is 7.99. The van der Waals surface area contributed by atoms with E-state index in [-0.39, 0.29) is 5.91 Å². The van der Waals surface area contributed by atoms with Crippen molar-refractivity contribution >= 4 is 17.7 Å². The molecule has 2 aromatic heterocycles. The van der Waals surface area contributed by atoms with Crippen molar-refractivity contribution in [2.75, 3.05) is 19.5 Å². The first-order valence-electron chi connectivity index (χ1n) is 12.5. The normalized spacial score (nSPS) is 17.8. The average Bonchev–Trinajstić information content (AvgIpc) is 3.27. The second-order valence-corrected chi connectivity index (χ2v) is 10.2. The van der Waals surface area contributed by atoms with Crippen LogP contribution in [0.4, 0.5) is 0 Å². The summed E-state index contributed by atoms with van der Waals surface area (Å²) in [6, 6.07) is 4.73. The number of hydrogen-bond donors (Lipinski definition) is 0. The van der Waals surface area contributed by atoms with E-state index in [0.717, 1.165) is 55.2 Å². The molecule has 8 heteroatoms. The highest BCUT2D eigenvalue weighted by Gasteiger charge is 2.32. The fourth-order valence-corrected chi connectivity index (χ4v) is 6.14. The molecule has 2 aliphatic rings. The van der Waals surface area contributed by atoms with E-state index in [2.05, 4.69) is 24.6 Å². The Kier molecular flexibility index (Phi) is 9.17. The van der Waals surface area contributed by atoms with Gasteiger partial charge in [0, 0.05) is 50.3 Å². The Bertz CT molecular complexity index is 845. The third-order valence-corrected chi connectivity index (χ3v) is 7.89. The molecular weight excluding hydrogens is 434 g/mol. The Labute approximate surface area is 201 Å². The molecule has 7 nitrogen and oxygen atoms in total. The minimum Gasteiger partial charge on any atom is -0.385 e. The van der Waals surface area contributed by atoms with Crippen molar-refractivity contribution in [2.45, 2.75) is 94.4 Å². The molecule has 2 heterocycles. The van der Waals surface area contributed by atoms with Crippen LogP contribution in [-0.4, -0.2) is 62.1 Å². The van der Waals surface area contributed by atoms with Gasteiger partial charge in [0.2, 0.25) is 5.91 Å². The number of ether oxygens (including phenoxy) is 1. The van der Waals surface area contributed by atoms with Crippen LogP contribution in [0, 0.1) is 0 Å². The molecule has 0 radical (unpaired) electrons. The minimum atomic E-state index is 0.274. The van der Waals surface area contributed by atoms with Crippen LogP contribution in [0.2, 0.25) is 0 Å². The van der Waals surface area contributed by atoms with Gasteiger partial charge in [-0.3, -0.25) is 9.78 Å². The van der Waals surface area contributed by atoms with Crippen molar-refractivity contribution in [3.63, 3.8) is 0 Å². The molecule has 2 aromatic rings. The first-order valence-corrected chi connectivity index (χ1v) is 13.5. The molecule has 1 amide bonds. The topological polar surface area (TPSA) is 73.1 Å². The number of methoxy groups -OCH3 is 1. The van der Waals surface area contributed by atoms with Gasteiger partial charge in [0.1, 0.15) is 0 Å². The number of carbonyl (C=O) groups is 1. The molecule has 0 unspecified atom stereocenters. The maximum absolute atomic E-state index is 13.6. The first-order chi connectivity index (χ1) is 16.3. The largest absolute Gasteiger partial charge is 0.385 e. The van der Waals surface area contributed by atoms with Gasteiger partial charge in [-0.05, 0) is 44.2 Å². The Hall–Kier alpha value is -1.93. The summed E-state index contributed by atoms with van der Waals surface area (Å²) in [5, 5.41) is 9.74. The molecule has 0 bridgehead atoms. The number of carbonyl (C=O) groups excluding carboxylic acids is 1. The Morgan fingerprint density at radius 2 is 1.67 bits per heavy atom. The predicted octanol–water partition coefficient (Wildman–Crippen LogP) is 4.96. The molecule has 2 fully saturated rings. The smallest absolute Gasteiger partial charge is 0.233 e. The van der Waals surface area contributed by atoms with Gasteiger partial charge in [0.25, 0.3) is 0 Å². The summed E-state index contributed by atoms with van der Waals surface area (Å²) in [6.45, 7) is 1.43. The predicted molar refractivity (Wildman–Crippen MR) is 131 cm³/mol. The lowest BCUT2D eigenvalue weighted by molar-refractivity contribution is -0.135. The van der Waals surface area contributed by atoms with E-state index in [9.17, 15) is 4.79 Å². The average molecular weight is 472 g/mol. The van der Waals surface area contributed by atoms with Crippen LogP contribution in [0.5, 0.6) is 0 Å². The lowest BCUT2D eigenvalue weighted by atomic mass is 9.88. The maximum Gasteiger partial charge on any atom is 0.233 e. The van der Waals surface area contributed by atoms with Gasteiger partial charge in [-0.25, -0.2) is 0 Å². The number of thioether (sulfide) groups is 1. The quantitative estimate of drug-likeness (QED) is 0.360. The fraction of sp³-hybridized carbons (Fsp3) is 0.680. The zero-order chi connectivity index (χ0) is 22.9. The lowest BCUT2D eigenvalue weighted by Crippen LogP contribution is -2.49. The summed E-state index contributed by atoms with van der Waals surface area (Å²) in [7, 11) is 1.72. The number of pyridine rings is 1. The maximum atomic E-state index is 13.6. The molecule has 4 rings (SSSR count). The Balaban J connectivity index is 1.48. The summed E-state index contributed by atoms with van der Waals surface area (Å²) >= 11 is 1.53. The third-order valence-electron chi connectivity index (χ3n) is 6.93. The molecule has 180 valence electrons. The van der Waals surface area contributed by atoms with Crippen molar-refractivity contribution in [1.82, 2.24) is 24.6 Å².